The molecule has 82 valence electrons. The Morgan fingerprint density at radius 1 is 1.14 bits per heavy atom. The fraction of sp³-hybridized carbons (Fsp3) is 0.769. The minimum Gasteiger partial charge on any atom is -0.299 e. The highest BCUT2D eigenvalue weighted by molar-refractivity contribution is 5.83. The molecule has 0 aliphatic carbocycles. The summed E-state index contributed by atoms with van der Waals surface area (Å²) in [5, 5.41) is 0. The Balaban J connectivity index is 4.06. The van der Waals surface area contributed by atoms with E-state index < -0.39 is 0 Å². The first-order valence-corrected chi connectivity index (χ1v) is 5.84. The molecule has 0 saturated carbocycles. The van der Waals surface area contributed by atoms with Crippen LogP contribution >= 0.6 is 0 Å². The van der Waals surface area contributed by atoms with E-state index in [-0.39, 0.29) is 5.92 Å². The van der Waals surface area contributed by atoms with Crippen molar-refractivity contribution in [3.05, 3.63) is 12.2 Å². The third-order valence-electron chi connectivity index (χ3n) is 2.65. The van der Waals surface area contributed by atoms with Gasteiger partial charge < -0.3 is 0 Å². The maximum atomic E-state index is 11.8. The molecule has 0 aromatic rings. The van der Waals surface area contributed by atoms with Crippen LogP contribution in [0.4, 0.5) is 0 Å². The Labute approximate surface area is 88.6 Å². The van der Waals surface area contributed by atoms with Crippen molar-refractivity contribution in [1.82, 2.24) is 0 Å². The summed E-state index contributed by atoms with van der Waals surface area (Å²) in [4.78, 5) is 11.8. The number of ketones is 1. The molecule has 0 rings (SSSR count). The van der Waals surface area contributed by atoms with Gasteiger partial charge in [0.05, 0.1) is 0 Å². The van der Waals surface area contributed by atoms with E-state index in [9.17, 15) is 4.79 Å². The summed E-state index contributed by atoms with van der Waals surface area (Å²) in [6, 6.07) is 0. The first-order valence-electron chi connectivity index (χ1n) is 5.84. The molecule has 1 nitrogen and oxygen atoms in total. The van der Waals surface area contributed by atoms with Gasteiger partial charge in [0, 0.05) is 12.3 Å². The van der Waals surface area contributed by atoms with Gasteiger partial charge in [-0.3, -0.25) is 4.79 Å². The van der Waals surface area contributed by atoms with Crippen LogP contribution in [0.1, 0.15) is 59.3 Å². The number of Topliss-reactive ketones (excluding diaryl/α,β-unsaturated/α-hetero) is 1. The fourth-order valence-corrected chi connectivity index (χ4v) is 1.68. The van der Waals surface area contributed by atoms with Crippen molar-refractivity contribution in [2.24, 2.45) is 5.92 Å². The summed E-state index contributed by atoms with van der Waals surface area (Å²) in [7, 11) is 0. The highest BCUT2D eigenvalue weighted by Gasteiger charge is 2.16. The van der Waals surface area contributed by atoms with Crippen LogP contribution in [-0.4, -0.2) is 5.78 Å². The largest absolute Gasteiger partial charge is 0.299 e. The molecule has 0 bridgehead atoms. The van der Waals surface area contributed by atoms with Crippen LogP contribution in [0.15, 0.2) is 12.2 Å². The number of hydrogen-bond donors (Lipinski definition) is 0. The molecule has 0 heterocycles. The molecular weight excluding hydrogens is 172 g/mol. The Hall–Kier alpha value is -0.590. The van der Waals surface area contributed by atoms with Gasteiger partial charge in [0.25, 0.3) is 0 Å². The van der Waals surface area contributed by atoms with Crippen molar-refractivity contribution in [1.29, 1.82) is 0 Å². The standard InChI is InChI=1S/C13H24O/c1-5-8-12(9-6-2)13(14)10-11(4)7-3/h12H,4-10H2,1-3H3. The van der Waals surface area contributed by atoms with E-state index in [1.165, 1.54) is 0 Å². The molecule has 0 saturated heterocycles. The van der Waals surface area contributed by atoms with Crippen molar-refractivity contribution < 1.29 is 4.79 Å². The second kappa shape index (κ2) is 7.78. The minimum absolute atomic E-state index is 0.285. The SMILES string of the molecule is C=C(CC)CC(=O)C(CCC)CCC. The number of carbonyl (C=O) groups is 1. The van der Waals surface area contributed by atoms with Crippen molar-refractivity contribution in [2.45, 2.75) is 59.3 Å². The van der Waals surface area contributed by atoms with Crippen LogP contribution in [0.2, 0.25) is 0 Å². The van der Waals surface area contributed by atoms with Gasteiger partial charge in [0.2, 0.25) is 0 Å². The monoisotopic (exact) mass is 196 g/mol. The van der Waals surface area contributed by atoms with Gasteiger partial charge in [-0.15, -0.1) is 0 Å². The van der Waals surface area contributed by atoms with Gasteiger partial charge in [-0.25, -0.2) is 0 Å². The predicted molar refractivity (Wildman–Crippen MR) is 62.4 cm³/mol. The highest BCUT2D eigenvalue weighted by atomic mass is 16.1. The van der Waals surface area contributed by atoms with Crippen LogP contribution in [-0.2, 0) is 4.79 Å². The van der Waals surface area contributed by atoms with Gasteiger partial charge >= 0.3 is 0 Å². The fourth-order valence-electron chi connectivity index (χ4n) is 1.68. The third-order valence-corrected chi connectivity index (χ3v) is 2.65. The highest BCUT2D eigenvalue weighted by Crippen LogP contribution is 2.18. The maximum Gasteiger partial charge on any atom is 0.139 e. The molecule has 0 amide bonds. The first kappa shape index (κ1) is 13.4. The topological polar surface area (TPSA) is 17.1 Å². The van der Waals surface area contributed by atoms with Crippen molar-refractivity contribution in [2.75, 3.05) is 0 Å². The Morgan fingerprint density at radius 3 is 2.00 bits per heavy atom. The van der Waals surface area contributed by atoms with Crippen LogP contribution < -0.4 is 0 Å². The van der Waals surface area contributed by atoms with E-state index in [2.05, 4.69) is 27.4 Å². The lowest BCUT2D eigenvalue weighted by molar-refractivity contribution is -0.122. The molecule has 0 N–H and O–H groups in total. The van der Waals surface area contributed by atoms with Crippen molar-refractivity contribution in [3.63, 3.8) is 0 Å². The molecule has 0 fully saturated rings. The van der Waals surface area contributed by atoms with Gasteiger partial charge in [-0.2, -0.15) is 0 Å². The lowest BCUT2D eigenvalue weighted by Crippen LogP contribution is -2.14. The molecule has 0 spiro atoms. The van der Waals surface area contributed by atoms with E-state index in [4.69, 9.17) is 0 Å². The number of carbonyl (C=O) groups excluding carboxylic acids is 1. The average Bonchev–Trinajstić information content (AvgIpc) is 2.17. The Bertz CT molecular complexity index is 176. The molecule has 0 unspecified atom stereocenters. The van der Waals surface area contributed by atoms with Gasteiger partial charge in [0.1, 0.15) is 5.78 Å². The van der Waals surface area contributed by atoms with Crippen LogP contribution in [0, 0.1) is 5.92 Å². The summed E-state index contributed by atoms with van der Waals surface area (Å²) in [6.07, 6.45) is 5.83. The lowest BCUT2D eigenvalue weighted by atomic mass is 9.90. The Kier molecular flexibility index (Phi) is 7.45. The van der Waals surface area contributed by atoms with E-state index in [1.807, 2.05) is 0 Å². The summed E-state index contributed by atoms with van der Waals surface area (Å²) in [6.45, 7) is 10.2. The normalized spacial score (nSPS) is 10.6. The van der Waals surface area contributed by atoms with Crippen molar-refractivity contribution in [3.8, 4) is 0 Å². The smallest absolute Gasteiger partial charge is 0.139 e. The second-order valence-corrected chi connectivity index (χ2v) is 4.02. The molecule has 0 aromatic heterocycles. The molecule has 0 aliphatic heterocycles. The molecule has 0 aliphatic rings. The molecule has 0 radical (unpaired) electrons. The zero-order valence-electron chi connectivity index (χ0n) is 9.94. The lowest BCUT2D eigenvalue weighted by Gasteiger charge is -2.14. The van der Waals surface area contributed by atoms with E-state index in [0.717, 1.165) is 37.7 Å². The maximum absolute atomic E-state index is 11.8. The molecule has 1 heteroatoms. The molecule has 14 heavy (non-hydrogen) atoms. The molecular formula is C13H24O. The predicted octanol–water partition coefficient (Wildman–Crippen LogP) is 4.13. The van der Waals surface area contributed by atoms with Gasteiger partial charge in [0.15, 0.2) is 0 Å². The first-order chi connectivity index (χ1) is 6.65. The van der Waals surface area contributed by atoms with Crippen LogP contribution in [0.5, 0.6) is 0 Å². The zero-order chi connectivity index (χ0) is 11.0. The van der Waals surface area contributed by atoms with Gasteiger partial charge in [-0.05, 0) is 19.3 Å². The summed E-state index contributed by atoms with van der Waals surface area (Å²) < 4.78 is 0. The van der Waals surface area contributed by atoms with Crippen molar-refractivity contribution >= 4 is 5.78 Å². The van der Waals surface area contributed by atoms with E-state index in [1.54, 1.807) is 0 Å². The quantitative estimate of drug-likeness (QED) is 0.533. The third kappa shape index (κ3) is 5.21. The zero-order valence-corrected chi connectivity index (χ0v) is 9.94. The Morgan fingerprint density at radius 2 is 1.64 bits per heavy atom. The number of rotatable bonds is 8. The number of allylic oxidation sites excluding steroid dienone is 1. The number of hydrogen-bond acceptors (Lipinski definition) is 1. The summed E-state index contributed by atoms with van der Waals surface area (Å²) >= 11 is 0. The minimum atomic E-state index is 0.285. The molecule has 0 atom stereocenters. The average molecular weight is 196 g/mol. The van der Waals surface area contributed by atoms with Crippen LogP contribution in [0.3, 0.4) is 0 Å². The second-order valence-electron chi connectivity index (χ2n) is 4.02. The van der Waals surface area contributed by atoms with E-state index >= 15 is 0 Å². The van der Waals surface area contributed by atoms with Gasteiger partial charge in [-0.1, -0.05) is 45.8 Å². The summed E-state index contributed by atoms with van der Waals surface area (Å²) in [5.74, 6) is 0.689. The summed E-state index contributed by atoms with van der Waals surface area (Å²) in [5.41, 5.74) is 1.08. The van der Waals surface area contributed by atoms with E-state index in [0.29, 0.717) is 12.2 Å². The molecule has 0 aromatic carbocycles. The van der Waals surface area contributed by atoms with Crippen LogP contribution in [0.25, 0.3) is 0 Å².